The normalized spacial score (nSPS) is 20.0. The molecule has 1 aromatic carbocycles. The van der Waals surface area contributed by atoms with E-state index in [1.807, 2.05) is 19.1 Å². The van der Waals surface area contributed by atoms with Crippen LogP contribution in [0, 0.1) is 13.8 Å². The number of hydrogen-bond acceptors (Lipinski definition) is 3. The van der Waals surface area contributed by atoms with Crippen molar-refractivity contribution in [1.82, 2.24) is 5.32 Å². The van der Waals surface area contributed by atoms with E-state index in [-0.39, 0.29) is 16.4 Å². The summed E-state index contributed by atoms with van der Waals surface area (Å²) in [6.45, 7) is 4.10. The zero-order chi connectivity index (χ0) is 11.7. The van der Waals surface area contributed by atoms with E-state index in [1.165, 1.54) is 11.1 Å². The molecule has 1 unspecified atom stereocenters. The summed E-state index contributed by atoms with van der Waals surface area (Å²) in [5, 5.41) is 1.79. The summed E-state index contributed by atoms with van der Waals surface area (Å²) in [6, 6.07) is 6.13. The molecule has 0 aromatic heterocycles. The van der Waals surface area contributed by atoms with Gasteiger partial charge in [-0.25, -0.2) is 0 Å². The molecule has 84 valence electrons. The Morgan fingerprint density at radius 2 is 2.00 bits per heavy atom. The van der Waals surface area contributed by atoms with Gasteiger partial charge in [0.2, 0.25) is 5.91 Å². The zero-order valence-electron chi connectivity index (χ0n) is 9.24. The number of carbonyl (C=O) groups is 2. The Hall–Kier alpha value is -1.29. The second kappa shape index (κ2) is 4.29. The molecule has 16 heavy (non-hydrogen) atoms. The molecule has 2 amide bonds. The van der Waals surface area contributed by atoms with Gasteiger partial charge in [0.05, 0.1) is 5.25 Å². The second-order valence-corrected chi connectivity index (χ2v) is 5.18. The van der Waals surface area contributed by atoms with Crippen LogP contribution >= 0.6 is 11.8 Å². The van der Waals surface area contributed by atoms with Crippen molar-refractivity contribution in [3.63, 3.8) is 0 Å². The summed E-state index contributed by atoms with van der Waals surface area (Å²) >= 11 is 1.08. The average molecular weight is 235 g/mol. The first-order valence-electron chi connectivity index (χ1n) is 5.14. The summed E-state index contributed by atoms with van der Waals surface area (Å²) < 4.78 is 0. The molecule has 0 aliphatic carbocycles. The number of benzene rings is 1. The van der Waals surface area contributed by atoms with Crippen molar-refractivity contribution >= 4 is 22.9 Å². The highest BCUT2D eigenvalue weighted by molar-refractivity contribution is 8.15. The molecule has 1 aromatic rings. The molecule has 2 rings (SSSR count). The molecule has 3 nitrogen and oxygen atoms in total. The lowest BCUT2D eigenvalue weighted by atomic mass is 10.0. The van der Waals surface area contributed by atoms with Gasteiger partial charge in [0.1, 0.15) is 0 Å². The number of carbonyl (C=O) groups excluding carboxylic acids is 2. The summed E-state index contributed by atoms with van der Waals surface area (Å²) in [5.41, 5.74) is 3.56. The number of thioether (sulfide) groups is 1. The maximum atomic E-state index is 11.4. The van der Waals surface area contributed by atoms with Gasteiger partial charge < -0.3 is 0 Å². The summed E-state index contributed by atoms with van der Waals surface area (Å²) in [5.74, 6) is -0.173. The smallest absolute Gasteiger partial charge is 0.286 e. The minimum absolute atomic E-state index is 0.173. The van der Waals surface area contributed by atoms with Crippen molar-refractivity contribution in [2.24, 2.45) is 0 Å². The van der Waals surface area contributed by atoms with E-state index in [9.17, 15) is 9.59 Å². The topological polar surface area (TPSA) is 46.2 Å². The summed E-state index contributed by atoms with van der Waals surface area (Å²) in [4.78, 5) is 22.4. The van der Waals surface area contributed by atoms with Crippen molar-refractivity contribution in [2.75, 3.05) is 0 Å². The summed E-state index contributed by atoms with van der Waals surface area (Å²) in [6.07, 6.45) is 0.614. The zero-order valence-corrected chi connectivity index (χ0v) is 10.1. The van der Waals surface area contributed by atoms with Crippen LogP contribution in [0.3, 0.4) is 0 Å². The minimum Gasteiger partial charge on any atom is -0.286 e. The van der Waals surface area contributed by atoms with Crippen LogP contribution in [0.4, 0.5) is 4.79 Å². The number of hydrogen-bond donors (Lipinski definition) is 1. The Kier molecular flexibility index (Phi) is 3.01. The molecule has 4 heteroatoms. The molecule has 1 atom stereocenters. The standard InChI is InChI=1S/C12H13NO2S/c1-7-3-4-9(5-8(7)2)6-10-11(14)13-12(15)16-10/h3-5,10H,6H2,1-2H3,(H,13,14,15). The van der Waals surface area contributed by atoms with Crippen LogP contribution in [0.5, 0.6) is 0 Å². The first-order valence-corrected chi connectivity index (χ1v) is 6.02. The molecule has 1 saturated heterocycles. The lowest BCUT2D eigenvalue weighted by Crippen LogP contribution is -2.25. The maximum absolute atomic E-state index is 11.4. The maximum Gasteiger partial charge on any atom is 0.286 e. The third-order valence-electron chi connectivity index (χ3n) is 2.76. The monoisotopic (exact) mass is 235 g/mol. The lowest BCUT2D eigenvalue weighted by Gasteiger charge is -2.07. The highest BCUT2D eigenvalue weighted by atomic mass is 32.2. The molecule has 1 fully saturated rings. The van der Waals surface area contributed by atoms with Gasteiger partial charge in [-0.15, -0.1) is 0 Å². The van der Waals surface area contributed by atoms with Crippen LogP contribution in [0.25, 0.3) is 0 Å². The fraction of sp³-hybridized carbons (Fsp3) is 0.333. The van der Waals surface area contributed by atoms with Gasteiger partial charge in [-0.05, 0) is 37.0 Å². The molecular formula is C12H13NO2S. The summed E-state index contributed by atoms with van der Waals surface area (Å²) in [7, 11) is 0. The van der Waals surface area contributed by atoms with Crippen LogP contribution in [0.15, 0.2) is 18.2 Å². The number of aryl methyl sites for hydroxylation is 2. The van der Waals surface area contributed by atoms with E-state index in [0.717, 1.165) is 17.3 Å². The van der Waals surface area contributed by atoms with E-state index in [0.29, 0.717) is 6.42 Å². The van der Waals surface area contributed by atoms with Crippen molar-refractivity contribution in [2.45, 2.75) is 25.5 Å². The molecule has 0 radical (unpaired) electrons. The molecule has 1 heterocycles. The number of imide groups is 1. The van der Waals surface area contributed by atoms with Gasteiger partial charge in [-0.3, -0.25) is 14.9 Å². The molecule has 1 aliphatic heterocycles. The van der Waals surface area contributed by atoms with E-state index in [4.69, 9.17) is 0 Å². The van der Waals surface area contributed by atoms with Crippen LogP contribution in [-0.4, -0.2) is 16.4 Å². The highest BCUT2D eigenvalue weighted by Crippen LogP contribution is 2.23. The van der Waals surface area contributed by atoms with Crippen LogP contribution in [0.2, 0.25) is 0 Å². The first kappa shape index (κ1) is 11.2. The van der Waals surface area contributed by atoms with Crippen molar-refractivity contribution < 1.29 is 9.59 Å². The van der Waals surface area contributed by atoms with E-state index in [1.54, 1.807) is 0 Å². The molecule has 0 spiro atoms. The van der Waals surface area contributed by atoms with Crippen LogP contribution < -0.4 is 5.32 Å². The van der Waals surface area contributed by atoms with E-state index in [2.05, 4.69) is 18.3 Å². The van der Waals surface area contributed by atoms with Crippen LogP contribution in [-0.2, 0) is 11.2 Å². The first-order chi connectivity index (χ1) is 7.56. The molecule has 0 saturated carbocycles. The third kappa shape index (κ3) is 2.27. The van der Waals surface area contributed by atoms with Gasteiger partial charge in [-0.2, -0.15) is 0 Å². The van der Waals surface area contributed by atoms with Gasteiger partial charge in [0.25, 0.3) is 5.24 Å². The van der Waals surface area contributed by atoms with Crippen molar-refractivity contribution in [3.05, 3.63) is 34.9 Å². The molecule has 1 N–H and O–H groups in total. The molecule has 1 aliphatic rings. The fourth-order valence-corrected chi connectivity index (χ4v) is 2.53. The number of nitrogens with one attached hydrogen (secondary N) is 1. The highest BCUT2D eigenvalue weighted by Gasteiger charge is 2.31. The third-order valence-corrected chi connectivity index (χ3v) is 3.74. The number of rotatable bonds is 2. The Balaban J connectivity index is 2.12. The average Bonchev–Trinajstić information content (AvgIpc) is 2.51. The molecule has 0 bridgehead atoms. The quantitative estimate of drug-likeness (QED) is 0.854. The number of amides is 2. The predicted octanol–water partition coefficient (Wildman–Crippen LogP) is 2.20. The fourth-order valence-electron chi connectivity index (χ4n) is 1.67. The Labute approximate surface area is 98.6 Å². The Morgan fingerprint density at radius 3 is 2.56 bits per heavy atom. The Bertz CT molecular complexity index is 456. The predicted molar refractivity (Wildman–Crippen MR) is 64.5 cm³/mol. The van der Waals surface area contributed by atoms with E-state index < -0.39 is 0 Å². The SMILES string of the molecule is Cc1ccc(CC2SC(=O)NC2=O)cc1C. The Morgan fingerprint density at radius 1 is 1.25 bits per heavy atom. The van der Waals surface area contributed by atoms with Crippen LogP contribution in [0.1, 0.15) is 16.7 Å². The molecular weight excluding hydrogens is 222 g/mol. The van der Waals surface area contributed by atoms with Crippen molar-refractivity contribution in [1.29, 1.82) is 0 Å². The van der Waals surface area contributed by atoms with E-state index >= 15 is 0 Å². The second-order valence-electron chi connectivity index (χ2n) is 4.01. The largest absolute Gasteiger partial charge is 0.286 e. The minimum atomic E-state index is -0.269. The van der Waals surface area contributed by atoms with Gasteiger partial charge in [0.15, 0.2) is 0 Å². The van der Waals surface area contributed by atoms with Crippen molar-refractivity contribution in [3.8, 4) is 0 Å². The lowest BCUT2D eigenvalue weighted by molar-refractivity contribution is -0.118. The van der Waals surface area contributed by atoms with Gasteiger partial charge in [-0.1, -0.05) is 30.0 Å². The van der Waals surface area contributed by atoms with Gasteiger partial charge >= 0.3 is 0 Å². The van der Waals surface area contributed by atoms with Gasteiger partial charge in [0, 0.05) is 0 Å².